The summed E-state index contributed by atoms with van der Waals surface area (Å²) in [5.41, 5.74) is 0.626. The normalized spacial score (nSPS) is 16.4. The highest BCUT2D eigenvalue weighted by atomic mass is 33.1. The number of nitrogens with zero attached hydrogens (tertiary/aromatic N) is 1. The number of amides is 2. The van der Waals surface area contributed by atoms with Crippen molar-refractivity contribution < 1.29 is 9.18 Å². The van der Waals surface area contributed by atoms with Gasteiger partial charge < -0.3 is 10.2 Å². The molecule has 0 unspecified atom stereocenters. The molecule has 2 amide bonds. The number of nitrogens with one attached hydrogen (secondary N) is 1. The first-order chi connectivity index (χ1) is 8.25. The average molecular weight is 272 g/mol. The summed E-state index contributed by atoms with van der Waals surface area (Å²) in [5, 5.41) is 2.77. The Morgan fingerprint density at radius 3 is 2.35 bits per heavy atom. The smallest absolute Gasteiger partial charge is 0.321 e. The molecule has 2 rings (SSSR count). The Labute approximate surface area is 108 Å². The van der Waals surface area contributed by atoms with Gasteiger partial charge in [-0.25, -0.2) is 9.18 Å². The van der Waals surface area contributed by atoms with Crippen molar-refractivity contribution in [2.75, 3.05) is 29.9 Å². The van der Waals surface area contributed by atoms with Crippen LogP contribution >= 0.6 is 21.6 Å². The fourth-order valence-electron chi connectivity index (χ4n) is 1.46. The van der Waals surface area contributed by atoms with Gasteiger partial charge in [0, 0.05) is 30.3 Å². The van der Waals surface area contributed by atoms with E-state index in [1.54, 1.807) is 38.6 Å². The van der Waals surface area contributed by atoms with Crippen molar-refractivity contribution in [1.82, 2.24) is 4.90 Å². The van der Waals surface area contributed by atoms with Crippen LogP contribution in [0.3, 0.4) is 0 Å². The number of anilines is 1. The molecule has 17 heavy (non-hydrogen) atoms. The largest absolute Gasteiger partial charge is 0.323 e. The number of benzene rings is 1. The number of hydrogen-bond donors (Lipinski definition) is 1. The Kier molecular flexibility index (Phi) is 4.56. The molecule has 0 bridgehead atoms. The molecule has 1 aromatic carbocycles. The lowest BCUT2D eigenvalue weighted by Gasteiger charge is -2.20. The maximum absolute atomic E-state index is 12.7. The predicted molar refractivity (Wildman–Crippen MR) is 71.9 cm³/mol. The highest BCUT2D eigenvalue weighted by molar-refractivity contribution is 8.76. The van der Waals surface area contributed by atoms with Gasteiger partial charge in [0.05, 0.1) is 0 Å². The van der Waals surface area contributed by atoms with E-state index in [0.717, 1.165) is 24.6 Å². The molecule has 3 nitrogen and oxygen atoms in total. The lowest BCUT2D eigenvalue weighted by atomic mass is 10.3. The van der Waals surface area contributed by atoms with Crippen molar-refractivity contribution >= 4 is 33.3 Å². The van der Waals surface area contributed by atoms with Crippen molar-refractivity contribution in [3.63, 3.8) is 0 Å². The van der Waals surface area contributed by atoms with E-state index in [9.17, 15) is 9.18 Å². The van der Waals surface area contributed by atoms with Gasteiger partial charge in [-0.2, -0.15) is 0 Å². The zero-order valence-corrected chi connectivity index (χ0v) is 10.8. The summed E-state index contributed by atoms with van der Waals surface area (Å²) in [7, 11) is 3.58. The van der Waals surface area contributed by atoms with Crippen LogP contribution in [-0.4, -0.2) is 35.5 Å². The van der Waals surface area contributed by atoms with E-state index in [-0.39, 0.29) is 11.8 Å². The minimum absolute atomic E-state index is 0.111. The van der Waals surface area contributed by atoms with Crippen LogP contribution in [0, 0.1) is 5.82 Å². The predicted octanol–water partition coefficient (Wildman–Crippen LogP) is 3.05. The molecular weight excluding hydrogens is 259 g/mol. The second kappa shape index (κ2) is 6.16. The fraction of sp³-hybridized carbons (Fsp3) is 0.364. The van der Waals surface area contributed by atoms with Crippen LogP contribution in [0.25, 0.3) is 0 Å². The Balaban J connectivity index is 1.93. The van der Waals surface area contributed by atoms with Gasteiger partial charge >= 0.3 is 6.03 Å². The summed E-state index contributed by atoms with van der Waals surface area (Å²) in [4.78, 5) is 13.7. The van der Waals surface area contributed by atoms with Crippen molar-refractivity contribution in [2.45, 2.75) is 0 Å². The summed E-state index contributed by atoms with van der Waals surface area (Å²) in [6.45, 7) is 1.51. The van der Waals surface area contributed by atoms with Gasteiger partial charge in [0.25, 0.3) is 0 Å². The van der Waals surface area contributed by atoms with Crippen LogP contribution in [0.4, 0.5) is 14.9 Å². The molecule has 0 aromatic heterocycles. The van der Waals surface area contributed by atoms with E-state index >= 15 is 0 Å². The Morgan fingerprint density at radius 2 is 1.76 bits per heavy atom. The summed E-state index contributed by atoms with van der Waals surface area (Å²) in [6.07, 6.45) is 0. The SMILES string of the molecule is O=C(Nc1ccc(F)cc1)N1CCSSCC1. The zero-order valence-electron chi connectivity index (χ0n) is 9.19. The van der Waals surface area contributed by atoms with E-state index in [1.807, 2.05) is 0 Å². The van der Waals surface area contributed by atoms with Crippen LogP contribution in [-0.2, 0) is 0 Å². The maximum atomic E-state index is 12.7. The molecule has 1 saturated heterocycles. The highest BCUT2D eigenvalue weighted by Gasteiger charge is 2.15. The van der Waals surface area contributed by atoms with Crippen LogP contribution in [0.2, 0.25) is 0 Å². The van der Waals surface area contributed by atoms with Gasteiger partial charge in [-0.3, -0.25) is 0 Å². The topological polar surface area (TPSA) is 32.3 Å². The van der Waals surface area contributed by atoms with Gasteiger partial charge in [0.15, 0.2) is 0 Å². The molecule has 6 heteroatoms. The van der Waals surface area contributed by atoms with Crippen LogP contribution in [0.1, 0.15) is 0 Å². The Bertz CT molecular complexity index is 378. The molecule has 1 aliphatic rings. The minimum Gasteiger partial charge on any atom is -0.323 e. The van der Waals surface area contributed by atoms with Crippen molar-refractivity contribution in [3.8, 4) is 0 Å². The third-order valence-corrected chi connectivity index (χ3v) is 4.72. The van der Waals surface area contributed by atoms with E-state index < -0.39 is 0 Å². The number of urea groups is 1. The number of carbonyl (C=O) groups excluding carboxylic acids is 1. The van der Waals surface area contributed by atoms with E-state index in [4.69, 9.17) is 0 Å². The molecule has 0 aliphatic carbocycles. The van der Waals surface area contributed by atoms with Crippen LogP contribution in [0.5, 0.6) is 0 Å². The molecule has 1 fully saturated rings. The fourth-order valence-corrected chi connectivity index (χ4v) is 3.44. The minimum atomic E-state index is -0.300. The lowest BCUT2D eigenvalue weighted by molar-refractivity contribution is 0.218. The number of halogens is 1. The van der Waals surface area contributed by atoms with Gasteiger partial charge in [0.1, 0.15) is 5.82 Å². The van der Waals surface area contributed by atoms with Gasteiger partial charge in [-0.1, -0.05) is 21.6 Å². The quantitative estimate of drug-likeness (QED) is 0.797. The third-order valence-electron chi connectivity index (χ3n) is 2.36. The van der Waals surface area contributed by atoms with Crippen LogP contribution < -0.4 is 5.32 Å². The van der Waals surface area contributed by atoms with Crippen molar-refractivity contribution in [1.29, 1.82) is 0 Å². The van der Waals surface area contributed by atoms with Gasteiger partial charge in [-0.05, 0) is 24.3 Å². The Morgan fingerprint density at radius 1 is 1.18 bits per heavy atom. The number of hydrogen-bond acceptors (Lipinski definition) is 3. The standard InChI is InChI=1S/C11H13FN2OS2/c12-9-1-3-10(4-2-9)13-11(15)14-5-7-16-17-8-6-14/h1-4H,5-8H2,(H,13,15). The van der Waals surface area contributed by atoms with Crippen LogP contribution in [0.15, 0.2) is 24.3 Å². The van der Waals surface area contributed by atoms with E-state index in [2.05, 4.69) is 5.32 Å². The second-order valence-corrected chi connectivity index (χ2v) is 6.27. The molecule has 0 spiro atoms. The molecule has 1 aromatic rings. The summed E-state index contributed by atoms with van der Waals surface area (Å²) < 4.78 is 12.7. The first-order valence-electron chi connectivity index (χ1n) is 5.31. The molecular formula is C11H13FN2OS2. The molecule has 1 heterocycles. The van der Waals surface area contributed by atoms with Gasteiger partial charge in [-0.15, -0.1) is 0 Å². The monoisotopic (exact) mass is 272 g/mol. The lowest BCUT2D eigenvalue weighted by Crippen LogP contribution is -2.37. The first kappa shape index (κ1) is 12.6. The molecule has 1 N–H and O–H groups in total. The molecule has 0 radical (unpaired) electrons. The maximum Gasteiger partial charge on any atom is 0.321 e. The zero-order chi connectivity index (χ0) is 12.1. The molecule has 92 valence electrons. The first-order valence-corrected chi connectivity index (χ1v) is 7.80. The molecule has 0 saturated carbocycles. The average Bonchev–Trinajstić information content (AvgIpc) is 2.61. The van der Waals surface area contributed by atoms with Crippen molar-refractivity contribution in [3.05, 3.63) is 30.1 Å². The van der Waals surface area contributed by atoms with Gasteiger partial charge in [0.2, 0.25) is 0 Å². The summed E-state index contributed by atoms with van der Waals surface area (Å²) in [5.74, 6) is 1.59. The number of rotatable bonds is 1. The molecule has 0 atom stereocenters. The third kappa shape index (κ3) is 3.81. The van der Waals surface area contributed by atoms with E-state index in [0.29, 0.717) is 5.69 Å². The summed E-state index contributed by atoms with van der Waals surface area (Å²) in [6, 6.07) is 5.69. The summed E-state index contributed by atoms with van der Waals surface area (Å²) >= 11 is 0. The van der Waals surface area contributed by atoms with E-state index in [1.165, 1.54) is 12.1 Å². The van der Waals surface area contributed by atoms with Crippen molar-refractivity contribution in [2.24, 2.45) is 0 Å². The Hall–Kier alpha value is -0.880. The highest BCUT2D eigenvalue weighted by Crippen LogP contribution is 2.24. The second-order valence-electron chi connectivity index (χ2n) is 3.57. The number of carbonyl (C=O) groups is 1. The molecule has 1 aliphatic heterocycles.